The second-order valence-electron chi connectivity index (χ2n) is 8.24. The molecule has 1 N–H and O–H groups in total. The number of hydroxylamine groups is 2. The van der Waals surface area contributed by atoms with Gasteiger partial charge in [-0.3, -0.25) is 14.4 Å². The number of nitrogens with zero attached hydrogens (tertiary/aromatic N) is 4. The van der Waals surface area contributed by atoms with Crippen LogP contribution in [0.15, 0.2) is 42.6 Å². The molecule has 11 heteroatoms. The van der Waals surface area contributed by atoms with Gasteiger partial charge in [-0.2, -0.15) is 5.10 Å². The third-order valence-electron chi connectivity index (χ3n) is 5.91. The van der Waals surface area contributed by atoms with Gasteiger partial charge in [0.1, 0.15) is 5.75 Å². The topological polar surface area (TPSA) is 90.3 Å². The molecule has 5 rings (SSSR count). The van der Waals surface area contributed by atoms with E-state index in [0.717, 1.165) is 17.0 Å². The normalized spacial score (nSPS) is 15.7. The minimum atomic E-state index is -0.0950. The molecule has 3 heterocycles. The SMILES string of the molecule is COc1ccc(NC(=O)CN2CCN(Oc3ccc4c(c3)OCO4)CC2)cc1-c1c(Cl)cnn1C. The van der Waals surface area contributed by atoms with Crippen molar-refractivity contribution in [3.8, 4) is 34.3 Å². The van der Waals surface area contributed by atoms with E-state index in [-0.39, 0.29) is 19.2 Å². The van der Waals surface area contributed by atoms with Crippen molar-refractivity contribution in [1.82, 2.24) is 19.7 Å². The largest absolute Gasteiger partial charge is 0.496 e. The highest BCUT2D eigenvalue weighted by Crippen LogP contribution is 2.37. The number of fused-ring (bicyclic) bond motifs is 1. The number of nitrogens with one attached hydrogen (secondary N) is 1. The molecule has 2 aliphatic rings. The van der Waals surface area contributed by atoms with Gasteiger partial charge in [0.15, 0.2) is 17.2 Å². The second kappa shape index (κ2) is 10.0. The number of rotatable bonds is 7. The molecule has 0 bridgehead atoms. The van der Waals surface area contributed by atoms with Gasteiger partial charge in [0.05, 0.1) is 30.6 Å². The monoisotopic (exact) mass is 499 g/mol. The van der Waals surface area contributed by atoms with E-state index in [1.165, 1.54) is 0 Å². The maximum atomic E-state index is 12.7. The number of piperazine rings is 1. The van der Waals surface area contributed by atoms with Crippen LogP contribution >= 0.6 is 11.6 Å². The summed E-state index contributed by atoms with van der Waals surface area (Å²) in [7, 11) is 3.40. The molecule has 3 aromatic rings. The van der Waals surface area contributed by atoms with Crippen LogP contribution in [-0.2, 0) is 11.8 Å². The Hall–Kier alpha value is -3.47. The van der Waals surface area contributed by atoms with Crippen LogP contribution in [-0.4, -0.2) is 72.3 Å². The molecule has 184 valence electrons. The van der Waals surface area contributed by atoms with Crippen molar-refractivity contribution >= 4 is 23.2 Å². The Morgan fingerprint density at radius 3 is 2.66 bits per heavy atom. The van der Waals surface area contributed by atoms with Crippen molar-refractivity contribution in [2.75, 3.05) is 51.9 Å². The molecule has 10 nitrogen and oxygen atoms in total. The quantitative estimate of drug-likeness (QED) is 0.530. The van der Waals surface area contributed by atoms with Gasteiger partial charge in [0.25, 0.3) is 0 Å². The summed E-state index contributed by atoms with van der Waals surface area (Å²) in [6.45, 7) is 3.27. The van der Waals surface area contributed by atoms with E-state index < -0.39 is 0 Å². The van der Waals surface area contributed by atoms with Crippen molar-refractivity contribution in [2.24, 2.45) is 7.05 Å². The smallest absolute Gasteiger partial charge is 0.238 e. The number of aryl methyl sites for hydroxylation is 1. The van der Waals surface area contributed by atoms with E-state index in [4.69, 9.17) is 30.6 Å². The van der Waals surface area contributed by atoms with Crippen molar-refractivity contribution in [3.63, 3.8) is 0 Å². The third-order valence-corrected chi connectivity index (χ3v) is 6.19. The van der Waals surface area contributed by atoms with Gasteiger partial charge in [-0.25, -0.2) is 0 Å². The first-order valence-electron chi connectivity index (χ1n) is 11.2. The van der Waals surface area contributed by atoms with Gasteiger partial charge in [0.2, 0.25) is 12.7 Å². The number of benzene rings is 2. The lowest BCUT2D eigenvalue weighted by Gasteiger charge is -2.33. The molecular formula is C24H26ClN5O5. The number of halogens is 1. The summed E-state index contributed by atoms with van der Waals surface area (Å²) >= 11 is 6.32. The van der Waals surface area contributed by atoms with Crippen LogP contribution in [0.3, 0.4) is 0 Å². The molecule has 0 saturated carbocycles. The average Bonchev–Trinajstić information content (AvgIpc) is 3.45. The lowest BCUT2D eigenvalue weighted by molar-refractivity contribution is -0.121. The van der Waals surface area contributed by atoms with Gasteiger partial charge < -0.3 is 24.4 Å². The number of carbonyl (C=O) groups is 1. The first-order chi connectivity index (χ1) is 17.0. The highest BCUT2D eigenvalue weighted by molar-refractivity contribution is 6.33. The minimum absolute atomic E-state index is 0.0950. The first kappa shape index (κ1) is 23.3. The van der Waals surface area contributed by atoms with Gasteiger partial charge >= 0.3 is 0 Å². The van der Waals surface area contributed by atoms with Crippen molar-refractivity contribution in [3.05, 3.63) is 47.6 Å². The second-order valence-corrected chi connectivity index (χ2v) is 8.65. The number of methoxy groups -OCH3 is 1. The number of anilines is 1. The molecule has 1 aromatic heterocycles. The maximum Gasteiger partial charge on any atom is 0.238 e. The third kappa shape index (κ3) is 5.14. The van der Waals surface area contributed by atoms with Gasteiger partial charge in [-0.1, -0.05) is 11.6 Å². The minimum Gasteiger partial charge on any atom is -0.496 e. The molecule has 2 aromatic carbocycles. The number of aromatic nitrogens is 2. The summed E-state index contributed by atoms with van der Waals surface area (Å²) < 4.78 is 17.9. The molecule has 2 aliphatic heterocycles. The fourth-order valence-electron chi connectivity index (χ4n) is 4.15. The Labute approximate surface area is 207 Å². The summed E-state index contributed by atoms with van der Waals surface area (Å²) in [5.41, 5.74) is 2.13. The molecule has 1 saturated heterocycles. The first-order valence-corrected chi connectivity index (χ1v) is 11.6. The molecule has 1 fully saturated rings. The molecule has 0 spiro atoms. The Balaban J connectivity index is 1.15. The van der Waals surface area contributed by atoms with E-state index in [9.17, 15) is 4.79 Å². The molecule has 0 unspecified atom stereocenters. The Morgan fingerprint density at radius 2 is 1.91 bits per heavy atom. The standard InChI is InChI=1S/C24H26ClN5O5/c1-28-24(19(25)13-26-28)18-11-16(3-5-20(18)32-2)27-23(31)14-29-7-9-30(10-8-29)35-17-4-6-21-22(12-17)34-15-33-21/h3-6,11-13H,7-10,14-15H2,1-2H3,(H,27,31). The summed E-state index contributed by atoms with van der Waals surface area (Å²) in [6, 6.07) is 11.0. The maximum absolute atomic E-state index is 12.7. The van der Waals surface area contributed by atoms with Crippen LogP contribution in [0, 0.1) is 0 Å². The van der Waals surface area contributed by atoms with Crippen LogP contribution in [0.25, 0.3) is 11.3 Å². The highest BCUT2D eigenvalue weighted by atomic mass is 35.5. The summed E-state index contributed by atoms with van der Waals surface area (Å²) in [5, 5.41) is 9.57. The Bertz CT molecular complexity index is 1210. The van der Waals surface area contributed by atoms with Crippen LogP contribution in [0.2, 0.25) is 5.02 Å². The van der Waals surface area contributed by atoms with Gasteiger partial charge in [-0.15, -0.1) is 5.06 Å². The number of amides is 1. The number of ether oxygens (including phenoxy) is 3. The number of carbonyl (C=O) groups excluding carboxylic acids is 1. The number of hydrogen-bond donors (Lipinski definition) is 1. The van der Waals surface area contributed by atoms with Gasteiger partial charge in [0, 0.05) is 50.5 Å². The van der Waals surface area contributed by atoms with E-state index in [1.54, 1.807) is 24.1 Å². The predicted octanol–water partition coefficient (Wildman–Crippen LogP) is 3.03. The van der Waals surface area contributed by atoms with E-state index >= 15 is 0 Å². The molecule has 0 aliphatic carbocycles. The zero-order chi connectivity index (χ0) is 24.4. The Kier molecular flexibility index (Phi) is 6.67. The van der Waals surface area contributed by atoms with Gasteiger partial charge in [-0.05, 0) is 30.3 Å². The predicted molar refractivity (Wildman–Crippen MR) is 130 cm³/mol. The van der Waals surface area contributed by atoms with Crippen LogP contribution in [0.5, 0.6) is 23.0 Å². The van der Waals surface area contributed by atoms with Crippen molar-refractivity contribution < 1.29 is 23.8 Å². The Morgan fingerprint density at radius 1 is 1.11 bits per heavy atom. The lowest BCUT2D eigenvalue weighted by atomic mass is 10.1. The molecule has 0 atom stereocenters. The number of hydrogen-bond acceptors (Lipinski definition) is 8. The molecule has 1 amide bonds. The van der Waals surface area contributed by atoms with Crippen molar-refractivity contribution in [2.45, 2.75) is 0 Å². The fraction of sp³-hybridized carbons (Fsp3) is 0.333. The summed E-state index contributed by atoms with van der Waals surface area (Å²) in [5.74, 6) is 2.66. The zero-order valence-corrected chi connectivity index (χ0v) is 20.2. The van der Waals surface area contributed by atoms with Crippen LogP contribution in [0.1, 0.15) is 0 Å². The molecular weight excluding hydrogens is 474 g/mol. The fourth-order valence-corrected chi connectivity index (χ4v) is 4.42. The average molecular weight is 500 g/mol. The highest BCUT2D eigenvalue weighted by Gasteiger charge is 2.22. The van der Waals surface area contributed by atoms with E-state index in [2.05, 4.69) is 15.3 Å². The summed E-state index contributed by atoms with van der Waals surface area (Å²) in [4.78, 5) is 20.8. The van der Waals surface area contributed by atoms with Crippen LogP contribution < -0.4 is 24.4 Å². The zero-order valence-electron chi connectivity index (χ0n) is 19.5. The molecule has 0 radical (unpaired) electrons. The molecule has 35 heavy (non-hydrogen) atoms. The van der Waals surface area contributed by atoms with E-state index in [1.807, 2.05) is 42.4 Å². The van der Waals surface area contributed by atoms with Crippen molar-refractivity contribution in [1.29, 1.82) is 0 Å². The van der Waals surface area contributed by atoms with Crippen LogP contribution in [0.4, 0.5) is 5.69 Å². The van der Waals surface area contributed by atoms with E-state index in [0.29, 0.717) is 54.1 Å². The summed E-state index contributed by atoms with van der Waals surface area (Å²) in [6.07, 6.45) is 1.58. The lowest BCUT2D eigenvalue weighted by Crippen LogP contribution is -2.49.